The Morgan fingerprint density at radius 1 is 1.27 bits per heavy atom. The molecule has 140 valence electrons. The first-order valence-electron chi connectivity index (χ1n) is 8.30. The monoisotopic (exact) mass is 377 g/mol. The molecule has 2 aromatic rings. The van der Waals surface area contributed by atoms with Crippen LogP contribution in [0.4, 0.5) is 11.5 Å². The maximum absolute atomic E-state index is 11.7. The number of benzene rings is 1. The van der Waals surface area contributed by atoms with Crippen molar-refractivity contribution in [1.29, 1.82) is 0 Å². The first-order valence-corrected chi connectivity index (χ1v) is 10.2. The van der Waals surface area contributed by atoms with Crippen LogP contribution in [0.2, 0.25) is 0 Å². The number of carbonyl (C=O) groups is 1. The third-order valence-corrected chi connectivity index (χ3v) is 4.30. The van der Waals surface area contributed by atoms with Gasteiger partial charge in [-0.2, -0.15) is 0 Å². The normalized spacial score (nSPS) is 11.2. The van der Waals surface area contributed by atoms with Crippen LogP contribution < -0.4 is 9.62 Å². The topological polar surface area (TPSA) is 99.6 Å². The maximum atomic E-state index is 11.7. The Hall–Kier alpha value is -2.61. The van der Waals surface area contributed by atoms with E-state index in [-0.39, 0.29) is 11.3 Å². The van der Waals surface area contributed by atoms with E-state index in [9.17, 15) is 18.3 Å². The van der Waals surface area contributed by atoms with Gasteiger partial charge >= 0.3 is 5.97 Å². The van der Waals surface area contributed by atoms with E-state index in [1.807, 2.05) is 35.2 Å². The van der Waals surface area contributed by atoms with Gasteiger partial charge in [-0.1, -0.05) is 43.7 Å². The van der Waals surface area contributed by atoms with Gasteiger partial charge in [-0.3, -0.25) is 4.72 Å². The number of hydrogen-bond donors (Lipinski definition) is 2. The second-order valence-corrected chi connectivity index (χ2v) is 7.78. The van der Waals surface area contributed by atoms with E-state index >= 15 is 0 Å². The summed E-state index contributed by atoms with van der Waals surface area (Å²) >= 11 is 0. The number of aromatic nitrogens is 1. The van der Waals surface area contributed by atoms with E-state index in [4.69, 9.17) is 0 Å². The van der Waals surface area contributed by atoms with Crippen LogP contribution in [0.25, 0.3) is 0 Å². The number of nitrogens with one attached hydrogen (secondary N) is 1. The van der Waals surface area contributed by atoms with E-state index in [1.54, 1.807) is 0 Å². The highest BCUT2D eigenvalue weighted by Crippen LogP contribution is 2.24. The van der Waals surface area contributed by atoms with Crippen molar-refractivity contribution in [3.05, 3.63) is 53.7 Å². The highest BCUT2D eigenvalue weighted by molar-refractivity contribution is 7.92. The molecule has 0 saturated heterocycles. The van der Waals surface area contributed by atoms with Crippen molar-refractivity contribution in [2.24, 2.45) is 0 Å². The zero-order valence-electron chi connectivity index (χ0n) is 14.8. The summed E-state index contributed by atoms with van der Waals surface area (Å²) in [7, 11) is -3.51. The van der Waals surface area contributed by atoms with Gasteiger partial charge in [0, 0.05) is 13.1 Å². The number of sulfonamides is 1. The lowest BCUT2D eigenvalue weighted by Crippen LogP contribution is -2.27. The van der Waals surface area contributed by atoms with Gasteiger partial charge in [-0.15, -0.1) is 0 Å². The third kappa shape index (κ3) is 5.73. The number of aromatic carboxylic acids is 1. The molecule has 1 aromatic heterocycles. The standard InChI is InChI=1S/C18H23N3O4S/c1-3-4-10-21(13-14-8-6-5-7-9-14)17-16(18(22)23)11-15(12-19-17)20-26(2,24)25/h5-9,11-12,20H,3-4,10,13H2,1-2H3,(H,22,23). The summed E-state index contributed by atoms with van der Waals surface area (Å²) in [4.78, 5) is 17.9. The van der Waals surface area contributed by atoms with E-state index < -0.39 is 16.0 Å². The number of unbranched alkanes of at least 4 members (excludes halogenated alkanes) is 1. The van der Waals surface area contributed by atoms with E-state index in [0.29, 0.717) is 18.9 Å². The molecular formula is C18H23N3O4S. The third-order valence-electron chi connectivity index (χ3n) is 3.70. The number of hydrogen-bond acceptors (Lipinski definition) is 5. The van der Waals surface area contributed by atoms with Crippen LogP contribution in [0, 0.1) is 0 Å². The molecular weight excluding hydrogens is 354 g/mol. The van der Waals surface area contributed by atoms with Crippen LogP contribution in [0.1, 0.15) is 35.7 Å². The number of nitrogens with zero attached hydrogens (tertiary/aromatic N) is 2. The lowest BCUT2D eigenvalue weighted by Gasteiger charge is -2.25. The fourth-order valence-electron chi connectivity index (χ4n) is 2.55. The van der Waals surface area contributed by atoms with Crippen molar-refractivity contribution >= 4 is 27.5 Å². The van der Waals surface area contributed by atoms with E-state index in [2.05, 4.69) is 16.6 Å². The van der Waals surface area contributed by atoms with Gasteiger partial charge < -0.3 is 10.0 Å². The maximum Gasteiger partial charge on any atom is 0.339 e. The van der Waals surface area contributed by atoms with Crippen LogP contribution >= 0.6 is 0 Å². The predicted octanol–water partition coefficient (Wildman–Crippen LogP) is 2.96. The molecule has 1 heterocycles. The van der Waals surface area contributed by atoms with Crippen molar-refractivity contribution in [1.82, 2.24) is 4.98 Å². The number of pyridine rings is 1. The highest BCUT2D eigenvalue weighted by Gasteiger charge is 2.19. The predicted molar refractivity (Wildman–Crippen MR) is 102 cm³/mol. The first-order chi connectivity index (χ1) is 12.3. The zero-order chi connectivity index (χ0) is 19.2. The molecule has 0 fully saturated rings. The Kier molecular flexibility index (Phi) is 6.57. The molecule has 1 aromatic carbocycles. The van der Waals surface area contributed by atoms with E-state index in [0.717, 1.165) is 24.7 Å². The summed E-state index contributed by atoms with van der Waals surface area (Å²) in [6.45, 7) is 3.23. The molecule has 0 aliphatic heterocycles. The summed E-state index contributed by atoms with van der Waals surface area (Å²) in [5.41, 5.74) is 1.13. The van der Waals surface area contributed by atoms with Crippen LogP contribution in [0.15, 0.2) is 42.6 Å². The summed E-state index contributed by atoms with van der Waals surface area (Å²) < 4.78 is 25.0. The molecule has 0 amide bonds. The second kappa shape index (κ2) is 8.66. The molecule has 0 bridgehead atoms. The average molecular weight is 377 g/mol. The molecule has 0 saturated carbocycles. The number of carboxylic acids is 1. The van der Waals surface area contributed by atoms with Crippen molar-refractivity contribution < 1.29 is 18.3 Å². The Bertz CT molecular complexity index is 854. The van der Waals surface area contributed by atoms with Gasteiger partial charge in [-0.25, -0.2) is 18.2 Å². The van der Waals surface area contributed by atoms with E-state index in [1.165, 1.54) is 12.3 Å². The molecule has 0 unspecified atom stereocenters. The number of anilines is 2. The van der Waals surface area contributed by atoms with Crippen molar-refractivity contribution in [3.8, 4) is 0 Å². The Labute approximate surface area is 153 Å². The molecule has 2 N–H and O–H groups in total. The van der Waals surface area contributed by atoms with Crippen molar-refractivity contribution in [2.45, 2.75) is 26.3 Å². The summed E-state index contributed by atoms with van der Waals surface area (Å²) in [6.07, 6.45) is 4.19. The molecule has 7 nitrogen and oxygen atoms in total. The van der Waals surface area contributed by atoms with Gasteiger partial charge in [0.1, 0.15) is 11.4 Å². The largest absolute Gasteiger partial charge is 0.478 e. The van der Waals surface area contributed by atoms with Gasteiger partial charge in [0.15, 0.2) is 0 Å². The molecule has 0 atom stereocenters. The Balaban J connectivity index is 2.40. The fraction of sp³-hybridized carbons (Fsp3) is 0.333. The highest BCUT2D eigenvalue weighted by atomic mass is 32.2. The van der Waals surface area contributed by atoms with Gasteiger partial charge in [0.25, 0.3) is 0 Å². The molecule has 2 rings (SSSR count). The van der Waals surface area contributed by atoms with Crippen molar-refractivity contribution in [3.63, 3.8) is 0 Å². The smallest absolute Gasteiger partial charge is 0.339 e. The molecule has 0 spiro atoms. The molecule has 26 heavy (non-hydrogen) atoms. The summed E-state index contributed by atoms with van der Waals surface area (Å²) in [5, 5.41) is 9.58. The zero-order valence-corrected chi connectivity index (χ0v) is 15.7. The van der Waals surface area contributed by atoms with Crippen LogP contribution in [-0.4, -0.2) is 37.3 Å². The minimum absolute atomic E-state index is 0.0364. The fourth-order valence-corrected chi connectivity index (χ4v) is 3.09. The summed E-state index contributed by atoms with van der Waals surface area (Å²) in [6, 6.07) is 11.0. The molecule has 0 aliphatic rings. The molecule has 8 heteroatoms. The molecule has 0 radical (unpaired) electrons. The number of rotatable bonds is 9. The van der Waals surface area contributed by atoms with Gasteiger partial charge in [-0.05, 0) is 18.1 Å². The quantitative estimate of drug-likeness (QED) is 0.697. The first kappa shape index (κ1) is 19.7. The Morgan fingerprint density at radius 2 is 1.96 bits per heavy atom. The van der Waals surface area contributed by atoms with Crippen LogP contribution in [0.3, 0.4) is 0 Å². The van der Waals surface area contributed by atoms with Gasteiger partial charge in [0.2, 0.25) is 10.0 Å². The van der Waals surface area contributed by atoms with Crippen LogP contribution in [-0.2, 0) is 16.6 Å². The second-order valence-electron chi connectivity index (χ2n) is 6.04. The SMILES string of the molecule is CCCCN(Cc1ccccc1)c1ncc(NS(C)(=O)=O)cc1C(=O)O. The average Bonchev–Trinajstić information content (AvgIpc) is 2.58. The lowest BCUT2D eigenvalue weighted by atomic mass is 10.1. The molecule has 0 aliphatic carbocycles. The van der Waals surface area contributed by atoms with Gasteiger partial charge in [0.05, 0.1) is 18.1 Å². The van der Waals surface area contributed by atoms with Crippen LogP contribution in [0.5, 0.6) is 0 Å². The summed E-state index contributed by atoms with van der Waals surface area (Å²) in [5.74, 6) is -0.826. The van der Waals surface area contributed by atoms with Crippen molar-refractivity contribution in [2.75, 3.05) is 22.4 Å². The minimum Gasteiger partial charge on any atom is -0.478 e. The lowest BCUT2D eigenvalue weighted by molar-refractivity contribution is 0.0697. The minimum atomic E-state index is -3.51. The number of carboxylic acid groups (broad SMARTS) is 1. The Morgan fingerprint density at radius 3 is 2.54 bits per heavy atom.